The zero-order valence-corrected chi connectivity index (χ0v) is 12.1. The van der Waals surface area contributed by atoms with E-state index in [0.29, 0.717) is 12.4 Å². The lowest BCUT2D eigenvalue weighted by Gasteiger charge is -2.06. The second-order valence-corrected chi connectivity index (χ2v) is 5.46. The van der Waals surface area contributed by atoms with E-state index >= 15 is 0 Å². The number of nitro benzene ring substituents is 1. The molecule has 0 saturated heterocycles. The lowest BCUT2D eigenvalue weighted by molar-refractivity contribution is -0.384. The molecule has 0 unspecified atom stereocenters. The van der Waals surface area contributed by atoms with Gasteiger partial charge in [0.25, 0.3) is 5.69 Å². The van der Waals surface area contributed by atoms with E-state index in [2.05, 4.69) is 0 Å². The van der Waals surface area contributed by atoms with Crippen molar-refractivity contribution >= 4 is 29.1 Å². The molecule has 0 N–H and O–H groups in total. The Labute approximate surface area is 125 Å². The van der Waals surface area contributed by atoms with Crippen molar-refractivity contribution in [3.63, 3.8) is 0 Å². The summed E-state index contributed by atoms with van der Waals surface area (Å²) >= 11 is 7.49. The van der Waals surface area contributed by atoms with Crippen LogP contribution in [0.2, 0.25) is 5.02 Å². The first kappa shape index (κ1) is 14.7. The highest BCUT2D eigenvalue weighted by Crippen LogP contribution is 2.28. The number of nitro groups is 1. The molecular formula is C14H12ClNO3S. The molecule has 0 radical (unpaired) electrons. The van der Waals surface area contributed by atoms with Gasteiger partial charge in [-0.05, 0) is 18.2 Å². The van der Waals surface area contributed by atoms with Crippen molar-refractivity contribution in [2.24, 2.45) is 0 Å². The third-order valence-electron chi connectivity index (χ3n) is 2.48. The summed E-state index contributed by atoms with van der Waals surface area (Å²) in [4.78, 5) is 11.3. The molecule has 2 aromatic rings. The maximum absolute atomic E-state index is 10.6. The van der Waals surface area contributed by atoms with E-state index in [-0.39, 0.29) is 10.7 Å². The largest absolute Gasteiger partial charge is 0.493 e. The molecule has 0 saturated carbocycles. The molecule has 0 amide bonds. The summed E-state index contributed by atoms with van der Waals surface area (Å²) in [6.45, 7) is 0.508. The van der Waals surface area contributed by atoms with E-state index in [9.17, 15) is 10.1 Å². The van der Waals surface area contributed by atoms with Gasteiger partial charge >= 0.3 is 0 Å². The Morgan fingerprint density at radius 3 is 2.60 bits per heavy atom. The van der Waals surface area contributed by atoms with Crippen LogP contribution in [-0.2, 0) is 0 Å². The molecule has 6 heteroatoms. The number of rotatable bonds is 6. The summed E-state index contributed by atoms with van der Waals surface area (Å²) < 4.78 is 5.52. The first-order valence-corrected chi connectivity index (χ1v) is 7.28. The lowest BCUT2D eigenvalue weighted by atomic mass is 10.3. The smallest absolute Gasteiger partial charge is 0.288 e. The summed E-state index contributed by atoms with van der Waals surface area (Å²) in [6, 6.07) is 14.4. The normalized spacial score (nSPS) is 10.2. The fourth-order valence-corrected chi connectivity index (χ4v) is 2.55. The number of thioether (sulfide) groups is 1. The Morgan fingerprint density at radius 2 is 1.95 bits per heavy atom. The Kier molecular flexibility index (Phi) is 5.26. The van der Waals surface area contributed by atoms with Gasteiger partial charge < -0.3 is 4.74 Å². The summed E-state index contributed by atoms with van der Waals surface area (Å²) in [6.07, 6.45) is 0. The van der Waals surface area contributed by atoms with Crippen LogP contribution in [0.15, 0.2) is 53.4 Å². The fraction of sp³-hybridized carbons (Fsp3) is 0.143. The van der Waals surface area contributed by atoms with E-state index in [1.165, 1.54) is 17.0 Å². The van der Waals surface area contributed by atoms with Crippen molar-refractivity contribution in [2.75, 3.05) is 12.4 Å². The number of hydrogen-bond acceptors (Lipinski definition) is 4. The highest BCUT2D eigenvalue weighted by Gasteiger charge is 2.12. The molecule has 2 rings (SSSR count). The number of ether oxygens (including phenoxy) is 1. The van der Waals surface area contributed by atoms with Crippen LogP contribution >= 0.6 is 23.4 Å². The monoisotopic (exact) mass is 309 g/mol. The lowest BCUT2D eigenvalue weighted by Crippen LogP contribution is -2.00. The zero-order valence-electron chi connectivity index (χ0n) is 10.5. The SMILES string of the molecule is O=[N+]([O-])c1ccc(OCCSc2ccccc2)cc1Cl. The molecule has 20 heavy (non-hydrogen) atoms. The maximum Gasteiger partial charge on any atom is 0.288 e. The summed E-state index contributed by atoms with van der Waals surface area (Å²) in [5, 5.41) is 10.7. The van der Waals surface area contributed by atoms with Crippen LogP contribution in [0, 0.1) is 10.1 Å². The first-order chi connectivity index (χ1) is 9.66. The third kappa shape index (κ3) is 4.15. The minimum absolute atomic E-state index is 0.0863. The Bertz CT molecular complexity index is 592. The zero-order chi connectivity index (χ0) is 14.4. The second kappa shape index (κ2) is 7.17. The predicted molar refractivity (Wildman–Crippen MR) is 80.8 cm³/mol. The van der Waals surface area contributed by atoms with E-state index in [1.54, 1.807) is 17.8 Å². The molecule has 0 bridgehead atoms. The van der Waals surface area contributed by atoms with Crippen molar-refractivity contribution < 1.29 is 9.66 Å². The fourth-order valence-electron chi connectivity index (χ4n) is 1.56. The quantitative estimate of drug-likeness (QED) is 0.343. The number of hydrogen-bond donors (Lipinski definition) is 0. The Hall–Kier alpha value is -1.72. The van der Waals surface area contributed by atoms with Gasteiger partial charge in [-0.1, -0.05) is 29.8 Å². The summed E-state index contributed by atoms with van der Waals surface area (Å²) in [7, 11) is 0. The van der Waals surface area contributed by atoms with Gasteiger partial charge in [0.1, 0.15) is 10.8 Å². The number of halogens is 1. The van der Waals surface area contributed by atoms with E-state index in [4.69, 9.17) is 16.3 Å². The molecule has 0 heterocycles. The van der Waals surface area contributed by atoms with E-state index in [0.717, 1.165) is 5.75 Å². The van der Waals surface area contributed by atoms with Crippen molar-refractivity contribution in [1.29, 1.82) is 0 Å². The third-order valence-corrected chi connectivity index (χ3v) is 3.76. The molecule has 0 fully saturated rings. The van der Waals surface area contributed by atoms with Gasteiger partial charge in [0.15, 0.2) is 0 Å². The van der Waals surface area contributed by atoms with Gasteiger partial charge in [0, 0.05) is 22.8 Å². The van der Waals surface area contributed by atoms with Crippen LogP contribution < -0.4 is 4.74 Å². The van der Waals surface area contributed by atoms with Gasteiger partial charge in [0.2, 0.25) is 0 Å². The number of benzene rings is 2. The average Bonchev–Trinajstić information content (AvgIpc) is 2.44. The van der Waals surface area contributed by atoms with Crippen LogP contribution in [0.25, 0.3) is 0 Å². The Morgan fingerprint density at radius 1 is 1.20 bits per heavy atom. The molecule has 0 aliphatic rings. The molecule has 104 valence electrons. The standard InChI is InChI=1S/C14H12ClNO3S/c15-13-10-11(6-7-14(13)16(17)18)19-8-9-20-12-4-2-1-3-5-12/h1-7,10H,8-9H2. The maximum atomic E-state index is 10.6. The van der Waals surface area contributed by atoms with Gasteiger partial charge in [0.05, 0.1) is 11.5 Å². The Balaban J connectivity index is 1.83. The van der Waals surface area contributed by atoms with Crippen molar-refractivity contribution in [3.8, 4) is 5.75 Å². The molecule has 2 aromatic carbocycles. The highest BCUT2D eigenvalue weighted by molar-refractivity contribution is 7.99. The summed E-state index contributed by atoms with van der Waals surface area (Å²) in [5.41, 5.74) is -0.113. The molecule has 4 nitrogen and oxygen atoms in total. The van der Waals surface area contributed by atoms with Crippen LogP contribution in [0.4, 0.5) is 5.69 Å². The van der Waals surface area contributed by atoms with Crippen LogP contribution in [-0.4, -0.2) is 17.3 Å². The number of nitrogens with zero attached hydrogens (tertiary/aromatic N) is 1. The average molecular weight is 310 g/mol. The topological polar surface area (TPSA) is 52.4 Å². The molecule has 0 aliphatic heterocycles. The first-order valence-electron chi connectivity index (χ1n) is 5.91. The van der Waals surface area contributed by atoms with Crippen LogP contribution in [0.1, 0.15) is 0 Å². The van der Waals surface area contributed by atoms with Crippen LogP contribution in [0.5, 0.6) is 5.75 Å². The van der Waals surface area contributed by atoms with Crippen molar-refractivity contribution in [1.82, 2.24) is 0 Å². The van der Waals surface area contributed by atoms with Gasteiger partial charge in [-0.3, -0.25) is 10.1 Å². The highest BCUT2D eigenvalue weighted by atomic mass is 35.5. The van der Waals surface area contributed by atoms with E-state index < -0.39 is 4.92 Å². The van der Waals surface area contributed by atoms with Gasteiger partial charge in [-0.25, -0.2) is 0 Å². The molecule has 0 aliphatic carbocycles. The molecular weight excluding hydrogens is 298 g/mol. The minimum atomic E-state index is -0.516. The molecule has 0 aromatic heterocycles. The van der Waals surface area contributed by atoms with Crippen molar-refractivity contribution in [3.05, 3.63) is 63.7 Å². The van der Waals surface area contributed by atoms with Gasteiger partial charge in [-0.2, -0.15) is 0 Å². The van der Waals surface area contributed by atoms with Crippen molar-refractivity contribution in [2.45, 2.75) is 4.90 Å². The van der Waals surface area contributed by atoms with E-state index in [1.807, 2.05) is 30.3 Å². The minimum Gasteiger partial charge on any atom is -0.493 e. The summed E-state index contributed by atoms with van der Waals surface area (Å²) in [5.74, 6) is 1.33. The molecule has 0 atom stereocenters. The second-order valence-electron chi connectivity index (χ2n) is 3.88. The van der Waals surface area contributed by atoms with Gasteiger partial charge in [-0.15, -0.1) is 11.8 Å². The molecule has 0 spiro atoms. The van der Waals surface area contributed by atoms with Crippen LogP contribution in [0.3, 0.4) is 0 Å². The predicted octanol–water partition coefficient (Wildman–Crippen LogP) is 4.42.